The van der Waals surface area contributed by atoms with Gasteiger partial charge in [0.2, 0.25) is 11.8 Å². The lowest BCUT2D eigenvalue weighted by Gasteiger charge is -2.41. The molecule has 142 valence electrons. The molecule has 3 rings (SSSR count). The third-order valence-corrected chi connectivity index (χ3v) is 6.42. The van der Waals surface area contributed by atoms with E-state index in [9.17, 15) is 9.18 Å². The highest BCUT2D eigenvalue weighted by atomic mass is 19.1. The first-order valence-corrected chi connectivity index (χ1v) is 9.06. The number of aryl methyl sites for hydroxylation is 1. The average molecular weight is 363 g/mol. The van der Waals surface area contributed by atoms with Crippen molar-refractivity contribution in [3.63, 3.8) is 0 Å². The van der Waals surface area contributed by atoms with E-state index in [0.29, 0.717) is 11.7 Å². The van der Waals surface area contributed by atoms with E-state index < -0.39 is 12.2 Å². The normalized spacial score (nSPS) is 33.4. The summed E-state index contributed by atoms with van der Waals surface area (Å²) < 4.78 is 18.9. The Labute approximate surface area is 152 Å². The molecule has 1 aromatic rings. The predicted octanol–water partition coefficient (Wildman–Crippen LogP) is 2.09. The van der Waals surface area contributed by atoms with Crippen molar-refractivity contribution in [2.24, 2.45) is 5.41 Å². The Morgan fingerprint density at radius 3 is 2.85 bits per heavy atom. The van der Waals surface area contributed by atoms with Gasteiger partial charge in [-0.15, -0.1) is 0 Å². The molecule has 2 heterocycles. The van der Waals surface area contributed by atoms with Gasteiger partial charge in [0.15, 0.2) is 5.82 Å². The van der Waals surface area contributed by atoms with E-state index >= 15 is 0 Å². The smallest absolute Gasteiger partial charge is 0.237 e. The van der Waals surface area contributed by atoms with Crippen molar-refractivity contribution in [2.75, 3.05) is 13.1 Å². The highest BCUT2D eigenvalue weighted by molar-refractivity contribution is 5.79. The van der Waals surface area contributed by atoms with E-state index in [-0.39, 0.29) is 42.3 Å². The summed E-state index contributed by atoms with van der Waals surface area (Å²) in [7, 11) is 0. The SMILES string of the molecule is Cc1noc([C@@H]2CC[C@](C)(NCC(=O)N3C[C@@H](F)C[C@H]3C#N)C2(C)C)n1. The van der Waals surface area contributed by atoms with Crippen LogP contribution in [0.25, 0.3) is 0 Å². The molecular weight excluding hydrogens is 337 g/mol. The summed E-state index contributed by atoms with van der Waals surface area (Å²) in [5.41, 5.74) is -0.527. The number of hydrogen-bond donors (Lipinski definition) is 1. The van der Waals surface area contributed by atoms with Crippen LogP contribution in [0.15, 0.2) is 4.52 Å². The van der Waals surface area contributed by atoms with Gasteiger partial charge in [0.1, 0.15) is 12.2 Å². The van der Waals surface area contributed by atoms with Gasteiger partial charge < -0.3 is 14.7 Å². The van der Waals surface area contributed by atoms with Gasteiger partial charge in [0.05, 0.1) is 19.2 Å². The maximum absolute atomic E-state index is 13.6. The number of carbonyl (C=O) groups excluding carboxylic acids is 1. The van der Waals surface area contributed by atoms with Crippen molar-refractivity contribution in [3.8, 4) is 6.07 Å². The zero-order valence-electron chi connectivity index (χ0n) is 15.8. The molecule has 2 fully saturated rings. The zero-order chi connectivity index (χ0) is 19.1. The number of nitriles is 1. The number of rotatable bonds is 4. The van der Waals surface area contributed by atoms with E-state index in [0.717, 1.165) is 12.8 Å². The number of hydrogen-bond acceptors (Lipinski definition) is 6. The van der Waals surface area contributed by atoms with Crippen molar-refractivity contribution in [1.82, 2.24) is 20.4 Å². The quantitative estimate of drug-likeness (QED) is 0.880. The minimum Gasteiger partial charge on any atom is -0.339 e. The van der Waals surface area contributed by atoms with Gasteiger partial charge in [-0.05, 0) is 32.1 Å². The molecule has 26 heavy (non-hydrogen) atoms. The van der Waals surface area contributed by atoms with E-state index in [2.05, 4.69) is 36.2 Å². The fourth-order valence-corrected chi connectivity index (χ4v) is 4.26. The van der Waals surface area contributed by atoms with Crippen molar-refractivity contribution in [3.05, 3.63) is 11.7 Å². The van der Waals surface area contributed by atoms with E-state index in [1.165, 1.54) is 4.90 Å². The standard InChI is InChI=1S/C18H26FN5O2/c1-11-22-16(26-23-11)14-5-6-18(4,17(14,2)3)21-9-15(25)24-10-12(19)7-13(24)8-20/h12-14,21H,5-7,9-10H2,1-4H3/t12-,13-,14-,18-/m0/s1. The number of amides is 1. The zero-order valence-corrected chi connectivity index (χ0v) is 15.8. The molecule has 1 saturated carbocycles. The third kappa shape index (κ3) is 3.09. The molecule has 1 aliphatic heterocycles. The Kier molecular flexibility index (Phi) is 4.78. The first-order valence-electron chi connectivity index (χ1n) is 9.06. The van der Waals surface area contributed by atoms with Crippen LogP contribution in [0.5, 0.6) is 0 Å². The Balaban J connectivity index is 1.68. The summed E-state index contributed by atoms with van der Waals surface area (Å²) in [4.78, 5) is 18.3. The summed E-state index contributed by atoms with van der Waals surface area (Å²) in [5.74, 6) is 1.12. The Bertz CT molecular complexity index is 727. The molecule has 1 N–H and O–H groups in total. The molecule has 0 aromatic carbocycles. The largest absolute Gasteiger partial charge is 0.339 e. The van der Waals surface area contributed by atoms with Gasteiger partial charge in [-0.25, -0.2) is 4.39 Å². The summed E-state index contributed by atoms with van der Waals surface area (Å²) in [6, 6.07) is 1.35. The number of nitrogens with one attached hydrogen (secondary N) is 1. The van der Waals surface area contributed by atoms with Crippen molar-refractivity contribution in [1.29, 1.82) is 5.26 Å². The maximum atomic E-state index is 13.6. The Hall–Kier alpha value is -2.01. The first kappa shape index (κ1) is 18.8. The minimum atomic E-state index is -1.12. The topological polar surface area (TPSA) is 95.0 Å². The van der Waals surface area contributed by atoms with Gasteiger partial charge in [0, 0.05) is 17.9 Å². The van der Waals surface area contributed by atoms with Crippen LogP contribution in [0.2, 0.25) is 0 Å². The Morgan fingerprint density at radius 1 is 1.50 bits per heavy atom. The first-order chi connectivity index (χ1) is 12.2. The van der Waals surface area contributed by atoms with Crippen LogP contribution in [0, 0.1) is 23.7 Å². The number of halogens is 1. The van der Waals surface area contributed by atoms with Crippen LogP contribution < -0.4 is 5.32 Å². The number of nitrogens with zero attached hydrogens (tertiary/aromatic N) is 4. The lowest BCUT2D eigenvalue weighted by Crippen LogP contribution is -2.55. The lowest BCUT2D eigenvalue weighted by atomic mass is 9.71. The third-order valence-electron chi connectivity index (χ3n) is 6.42. The van der Waals surface area contributed by atoms with Crippen LogP contribution in [-0.4, -0.2) is 51.8 Å². The minimum absolute atomic E-state index is 0.00271. The summed E-state index contributed by atoms with van der Waals surface area (Å²) in [6.07, 6.45) is 0.715. The second-order valence-corrected chi connectivity index (χ2v) is 8.20. The van der Waals surface area contributed by atoms with Crippen LogP contribution in [-0.2, 0) is 4.79 Å². The molecule has 1 aromatic heterocycles. The fourth-order valence-electron chi connectivity index (χ4n) is 4.26. The molecule has 0 radical (unpaired) electrons. The van der Waals surface area contributed by atoms with Gasteiger partial charge in [-0.3, -0.25) is 4.79 Å². The number of alkyl halides is 1. The molecule has 0 unspecified atom stereocenters. The number of likely N-dealkylation sites (tertiary alicyclic amines) is 1. The lowest BCUT2D eigenvalue weighted by molar-refractivity contribution is -0.131. The second-order valence-electron chi connectivity index (χ2n) is 8.20. The summed E-state index contributed by atoms with van der Waals surface area (Å²) in [6.45, 7) is 8.24. The van der Waals surface area contributed by atoms with Crippen molar-refractivity contribution in [2.45, 2.75) is 70.6 Å². The molecule has 8 heteroatoms. The molecule has 0 spiro atoms. The predicted molar refractivity (Wildman–Crippen MR) is 91.8 cm³/mol. The molecular formula is C18H26FN5O2. The van der Waals surface area contributed by atoms with Crippen LogP contribution in [0.3, 0.4) is 0 Å². The van der Waals surface area contributed by atoms with Gasteiger partial charge >= 0.3 is 0 Å². The number of carbonyl (C=O) groups is 1. The molecule has 0 bridgehead atoms. The molecule has 1 saturated heterocycles. The van der Waals surface area contributed by atoms with E-state index in [1.54, 1.807) is 6.92 Å². The van der Waals surface area contributed by atoms with Crippen LogP contribution in [0.1, 0.15) is 57.7 Å². The Morgan fingerprint density at radius 2 is 2.23 bits per heavy atom. The number of aromatic nitrogens is 2. The van der Waals surface area contributed by atoms with Gasteiger partial charge in [-0.1, -0.05) is 19.0 Å². The van der Waals surface area contributed by atoms with Gasteiger partial charge in [0.25, 0.3) is 0 Å². The summed E-state index contributed by atoms with van der Waals surface area (Å²) >= 11 is 0. The van der Waals surface area contributed by atoms with Crippen LogP contribution >= 0.6 is 0 Å². The van der Waals surface area contributed by atoms with E-state index in [4.69, 9.17) is 9.78 Å². The highest BCUT2D eigenvalue weighted by Crippen LogP contribution is 2.54. The molecule has 2 aliphatic rings. The molecule has 1 aliphatic carbocycles. The van der Waals surface area contributed by atoms with Crippen molar-refractivity contribution < 1.29 is 13.7 Å². The monoisotopic (exact) mass is 363 g/mol. The molecule has 1 amide bonds. The van der Waals surface area contributed by atoms with E-state index in [1.807, 2.05) is 6.07 Å². The van der Waals surface area contributed by atoms with Gasteiger partial charge in [-0.2, -0.15) is 10.2 Å². The average Bonchev–Trinajstić information content (AvgIpc) is 3.23. The second kappa shape index (κ2) is 6.62. The van der Waals surface area contributed by atoms with Crippen LogP contribution in [0.4, 0.5) is 4.39 Å². The maximum Gasteiger partial charge on any atom is 0.237 e. The highest BCUT2D eigenvalue weighted by Gasteiger charge is 2.54. The fraction of sp³-hybridized carbons (Fsp3) is 0.778. The van der Waals surface area contributed by atoms with Crippen molar-refractivity contribution >= 4 is 5.91 Å². The molecule has 7 nitrogen and oxygen atoms in total. The molecule has 4 atom stereocenters. The summed E-state index contributed by atoms with van der Waals surface area (Å²) in [5, 5.41) is 16.4.